The van der Waals surface area contributed by atoms with Gasteiger partial charge in [-0.3, -0.25) is 4.79 Å². The molecule has 0 aliphatic heterocycles. The number of esters is 1. The van der Waals surface area contributed by atoms with Crippen LogP contribution in [0.1, 0.15) is 58.2 Å². The first-order valence-electron chi connectivity index (χ1n) is 12.7. The minimum Gasteiger partial charge on any atom is -0.508 e. The molecule has 3 rings (SSSR count). The molecule has 0 spiro atoms. The number of benzene rings is 3. The van der Waals surface area contributed by atoms with Gasteiger partial charge in [0.15, 0.2) is 0 Å². The van der Waals surface area contributed by atoms with Gasteiger partial charge in [-0.05, 0) is 76.9 Å². The lowest BCUT2D eigenvalue weighted by Gasteiger charge is -2.20. The second-order valence-corrected chi connectivity index (χ2v) is 11.2. The predicted molar refractivity (Wildman–Crippen MR) is 147 cm³/mol. The van der Waals surface area contributed by atoms with Crippen LogP contribution in [0.15, 0.2) is 60.7 Å². The molecule has 7 nitrogen and oxygen atoms in total. The van der Waals surface area contributed by atoms with E-state index in [0.29, 0.717) is 22.4 Å². The molecule has 0 heterocycles. The molecule has 0 saturated carbocycles. The molecular weight excluding hydrogens is 501 g/mol. The number of hydrogen-bond acceptors (Lipinski definition) is 6. The fraction of sp³-hybridized carbons (Fsp3) is 0.355. The highest BCUT2D eigenvalue weighted by molar-refractivity contribution is 5.74. The van der Waals surface area contributed by atoms with Crippen molar-refractivity contribution in [2.75, 3.05) is 0 Å². The number of alkyl carbamates (subject to hydrolysis) is 1. The van der Waals surface area contributed by atoms with Gasteiger partial charge in [-0.15, -0.1) is 0 Å². The van der Waals surface area contributed by atoms with Gasteiger partial charge in [0.1, 0.15) is 35.1 Å². The lowest BCUT2D eigenvalue weighted by atomic mass is 9.99. The van der Waals surface area contributed by atoms with E-state index in [9.17, 15) is 14.7 Å². The van der Waals surface area contributed by atoms with Crippen LogP contribution >= 0.6 is 0 Å². The molecule has 39 heavy (non-hydrogen) atoms. The predicted octanol–water partition coefficient (Wildman–Crippen LogP) is 6.69. The number of aromatic hydroxyl groups is 1. The van der Waals surface area contributed by atoms with E-state index in [4.69, 9.17) is 14.2 Å². The highest BCUT2D eigenvalue weighted by Crippen LogP contribution is 2.30. The van der Waals surface area contributed by atoms with Crippen molar-refractivity contribution in [1.29, 1.82) is 0 Å². The van der Waals surface area contributed by atoms with E-state index >= 15 is 4.39 Å². The third kappa shape index (κ3) is 9.32. The Hall–Kier alpha value is -4.07. The summed E-state index contributed by atoms with van der Waals surface area (Å²) in [6.45, 7) is 10.7. The third-order valence-corrected chi connectivity index (χ3v) is 5.31. The van der Waals surface area contributed by atoms with Crippen molar-refractivity contribution in [3.8, 4) is 22.6 Å². The largest absolute Gasteiger partial charge is 0.508 e. The number of carbonyl (C=O) groups is 2. The normalized spacial score (nSPS) is 11.6. The maximum absolute atomic E-state index is 15.4. The summed E-state index contributed by atoms with van der Waals surface area (Å²) in [5.74, 6) is -0.428. The zero-order valence-electron chi connectivity index (χ0n) is 23.3. The van der Waals surface area contributed by atoms with E-state index < -0.39 is 23.1 Å². The van der Waals surface area contributed by atoms with Gasteiger partial charge in [-0.1, -0.05) is 36.4 Å². The summed E-state index contributed by atoms with van der Waals surface area (Å²) < 4.78 is 32.0. The Balaban J connectivity index is 1.75. The van der Waals surface area contributed by atoms with Gasteiger partial charge in [0.05, 0.1) is 6.42 Å². The summed E-state index contributed by atoms with van der Waals surface area (Å²) in [5, 5.41) is 12.9. The number of halogens is 1. The Kier molecular flexibility index (Phi) is 9.22. The zero-order chi connectivity index (χ0) is 28.8. The Morgan fingerprint density at radius 1 is 0.872 bits per heavy atom. The van der Waals surface area contributed by atoms with Gasteiger partial charge in [-0.25, -0.2) is 9.18 Å². The summed E-state index contributed by atoms with van der Waals surface area (Å²) in [6, 6.07) is 16.7. The van der Waals surface area contributed by atoms with Crippen LogP contribution in [0.2, 0.25) is 0 Å². The second kappa shape index (κ2) is 12.2. The summed E-state index contributed by atoms with van der Waals surface area (Å²) in [5.41, 5.74) is 1.00. The molecule has 1 amide bonds. The van der Waals surface area contributed by atoms with Crippen LogP contribution in [-0.4, -0.2) is 28.4 Å². The Bertz CT molecular complexity index is 1320. The molecule has 3 aromatic rings. The fourth-order valence-corrected chi connectivity index (χ4v) is 3.82. The van der Waals surface area contributed by atoms with Crippen molar-refractivity contribution < 1.29 is 33.3 Å². The Labute approximate surface area is 228 Å². The smallest absolute Gasteiger partial charge is 0.407 e. The standard InChI is InChI=1S/C31H36FNO6/c1-30(2,3)38-27(35)17-21-10-7-8-13-26(21)37-19-20-14-23(16-24(34)15-20)25-12-9-11-22(28(25)32)18-33-29(36)39-31(4,5)6/h7-16,34H,17-19H2,1-6H3,(H,33,36). The van der Waals surface area contributed by atoms with E-state index in [1.165, 1.54) is 12.1 Å². The Morgan fingerprint density at radius 3 is 2.23 bits per heavy atom. The topological polar surface area (TPSA) is 94.1 Å². The average molecular weight is 538 g/mol. The zero-order valence-corrected chi connectivity index (χ0v) is 23.3. The number of carbonyl (C=O) groups excluding carboxylic acids is 2. The van der Waals surface area contributed by atoms with Crippen molar-refractivity contribution in [2.24, 2.45) is 0 Å². The number of phenols is 1. The van der Waals surface area contributed by atoms with Gasteiger partial charge in [-0.2, -0.15) is 0 Å². The lowest BCUT2D eigenvalue weighted by molar-refractivity contribution is -0.153. The van der Waals surface area contributed by atoms with E-state index in [0.717, 1.165) is 0 Å². The molecule has 0 aromatic heterocycles. The van der Waals surface area contributed by atoms with Gasteiger partial charge < -0.3 is 24.6 Å². The van der Waals surface area contributed by atoms with Crippen LogP contribution in [0.4, 0.5) is 9.18 Å². The van der Waals surface area contributed by atoms with Crippen molar-refractivity contribution in [2.45, 2.75) is 72.3 Å². The molecule has 0 atom stereocenters. The van der Waals surface area contributed by atoms with Gasteiger partial charge >= 0.3 is 12.1 Å². The van der Waals surface area contributed by atoms with Gasteiger partial charge in [0.2, 0.25) is 0 Å². The van der Waals surface area contributed by atoms with Crippen LogP contribution in [0.25, 0.3) is 11.1 Å². The maximum atomic E-state index is 15.4. The highest BCUT2D eigenvalue weighted by Gasteiger charge is 2.19. The molecule has 2 N–H and O–H groups in total. The average Bonchev–Trinajstić information content (AvgIpc) is 2.80. The number of para-hydroxylation sites is 1. The van der Waals surface area contributed by atoms with E-state index in [2.05, 4.69) is 5.32 Å². The number of hydrogen-bond donors (Lipinski definition) is 2. The van der Waals surface area contributed by atoms with Crippen molar-refractivity contribution >= 4 is 12.1 Å². The second-order valence-electron chi connectivity index (χ2n) is 11.2. The number of amides is 1. The molecule has 0 aliphatic carbocycles. The molecule has 208 valence electrons. The molecule has 0 bridgehead atoms. The molecule has 0 radical (unpaired) electrons. The first kappa shape index (κ1) is 29.5. The SMILES string of the molecule is CC(C)(C)OC(=O)Cc1ccccc1OCc1cc(O)cc(-c2cccc(CNC(=O)OC(C)(C)C)c2F)c1. The van der Waals surface area contributed by atoms with Crippen molar-refractivity contribution in [1.82, 2.24) is 5.32 Å². The molecule has 3 aromatic carbocycles. The van der Waals surface area contributed by atoms with Crippen LogP contribution in [0.3, 0.4) is 0 Å². The molecule has 0 fully saturated rings. The van der Waals surface area contributed by atoms with Crippen LogP contribution in [0, 0.1) is 5.82 Å². The minimum atomic E-state index is -0.666. The number of rotatable bonds is 8. The quantitative estimate of drug-likeness (QED) is 0.311. The van der Waals surface area contributed by atoms with Crippen LogP contribution in [0.5, 0.6) is 11.5 Å². The molecule has 0 aliphatic rings. The molecule has 0 unspecified atom stereocenters. The number of phenolic OH excluding ortho intramolecular Hbond substituents is 1. The van der Waals surface area contributed by atoms with Gasteiger partial charge in [0, 0.05) is 23.2 Å². The number of nitrogens with one attached hydrogen (secondary N) is 1. The molecule has 8 heteroatoms. The van der Waals surface area contributed by atoms with Crippen LogP contribution < -0.4 is 10.1 Å². The van der Waals surface area contributed by atoms with Gasteiger partial charge in [0.25, 0.3) is 0 Å². The summed E-state index contributed by atoms with van der Waals surface area (Å²) in [7, 11) is 0. The first-order chi connectivity index (χ1) is 18.2. The fourth-order valence-electron chi connectivity index (χ4n) is 3.82. The van der Waals surface area contributed by atoms with E-state index in [1.54, 1.807) is 63.2 Å². The minimum absolute atomic E-state index is 0.0497. The first-order valence-corrected chi connectivity index (χ1v) is 12.7. The van der Waals surface area contributed by atoms with Crippen molar-refractivity contribution in [3.05, 3.63) is 83.2 Å². The summed E-state index contributed by atoms with van der Waals surface area (Å²) >= 11 is 0. The Morgan fingerprint density at radius 2 is 1.54 bits per heavy atom. The molecular formula is C31H36FNO6. The molecule has 0 saturated heterocycles. The number of ether oxygens (including phenoxy) is 3. The maximum Gasteiger partial charge on any atom is 0.407 e. The van der Waals surface area contributed by atoms with Crippen molar-refractivity contribution in [3.63, 3.8) is 0 Å². The summed E-state index contributed by atoms with van der Waals surface area (Å²) in [6.07, 6.45) is -0.593. The third-order valence-electron chi connectivity index (χ3n) is 5.31. The monoisotopic (exact) mass is 537 g/mol. The van der Waals surface area contributed by atoms with E-state index in [-0.39, 0.29) is 42.4 Å². The van der Waals surface area contributed by atoms with E-state index in [1.807, 2.05) is 26.8 Å². The summed E-state index contributed by atoms with van der Waals surface area (Å²) in [4.78, 5) is 24.3. The highest BCUT2D eigenvalue weighted by atomic mass is 19.1. The van der Waals surface area contributed by atoms with Crippen LogP contribution in [-0.2, 0) is 33.8 Å². The lowest BCUT2D eigenvalue weighted by Crippen LogP contribution is -2.32.